The van der Waals surface area contributed by atoms with Gasteiger partial charge < -0.3 is 15.4 Å². The van der Waals surface area contributed by atoms with Crippen molar-refractivity contribution in [2.75, 3.05) is 0 Å². The van der Waals surface area contributed by atoms with E-state index in [9.17, 15) is 9.59 Å². The predicted octanol–water partition coefficient (Wildman–Crippen LogP) is 2.85. The molecule has 0 saturated heterocycles. The molecule has 1 aliphatic heterocycles. The number of carbonyl (C=O) groups excluding carboxylic acids is 1. The van der Waals surface area contributed by atoms with Gasteiger partial charge in [0.15, 0.2) is 0 Å². The van der Waals surface area contributed by atoms with E-state index >= 15 is 0 Å². The summed E-state index contributed by atoms with van der Waals surface area (Å²) in [5, 5.41) is 11.7. The number of carboxylic acid groups (broad SMARTS) is 1. The summed E-state index contributed by atoms with van der Waals surface area (Å²) in [5.41, 5.74) is 6.61. The van der Waals surface area contributed by atoms with Crippen LogP contribution in [0.3, 0.4) is 0 Å². The van der Waals surface area contributed by atoms with Gasteiger partial charge in [0.05, 0.1) is 0 Å². The van der Waals surface area contributed by atoms with Crippen LogP contribution in [-0.4, -0.2) is 22.0 Å². The Morgan fingerprint density at radius 3 is 2.55 bits per heavy atom. The monoisotopic (exact) mass is 302 g/mol. The van der Waals surface area contributed by atoms with Crippen LogP contribution in [0, 0.1) is 13.8 Å². The van der Waals surface area contributed by atoms with E-state index in [1.54, 1.807) is 0 Å². The van der Waals surface area contributed by atoms with Gasteiger partial charge in [0, 0.05) is 29.1 Å². The molecule has 0 saturated carbocycles. The number of carbonyl (C=O) groups is 2. The molecule has 5 nitrogen and oxygen atoms in total. The number of hydrogen-bond acceptors (Lipinski definition) is 2. The Kier molecular flexibility index (Phi) is 4.54. The summed E-state index contributed by atoms with van der Waals surface area (Å²) in [6.07, 6.45) is 3.36. The smallest absolute Gasteiger partial charge is 0.303 e. The molecule has 1 aromatic rings. The number of amides is 1. The summed E-state index contributed by atoms with van der Waals surface area (Å²) in [7, 11) is 0. The van der Waals surface area contributed by atoms with Gasteiger partial charge in [-0.15, -0.1) is 0 Å². The van der Waals surface area contributed by atoms with E-state index in [0.29, 0.717) is 6.42 Å². The number of H-pyrrole nitrogens is 1. The average Bonchev–Trinajstić information content (AvgIpc) is 2.86. The van der Waals surface area contributed by atoms with Crippen LogP contribution in [0.4, 0.5) is 0 Å². The van der Waals surface area contributed by atoms with Crippen LogP contribution in [0.2, 0.25) is 0 Å². The van der Waals surface area contributed by atoms with E-state index in [1.165, 1.54) is 0 Å². The molecule has 0 radical (unpaired) electrons. The lowest BCUT2D eigenvalue weighted by atomic mass is 10.0. The van der Waals surface area contributed by atoms with Crippen molar-refractivity contribution < 1.29 is 14.7 Å². The standard InChI is InChI=1S/C17H22N2O3/c1-5-12-10(3)17(22)19-15(12)8-14-9(2)13(11(4)18-14)6-7-16(20)21/h8,18H,5-7H2,1-4H3,(H,19,22)(H,20,21)/b15-8-. The second-order valence-corrected chi connectivity index (χ2v) is 5.63. The van der Waals surface area contributed by atoms with Crippen molar-refractivity contribution in [1.29, 1.82) is 0 Å². The fourth-order valence-corrected chi connectivity index (χ4v) is 2.92. The van der Waals surface area contributed by atoms with Crippen molar-refractivity contribution in [2.24, 2.45) is 0 Å². The normalized spacial score (nSPS) is 16.5. The third kappa shape index (κ3) is 2.98. The van der Waals surface area contributed by atoms with Crippen LogP contribution < -0.4 is 5.32 Å². The predicted molar refractivity (Wildman–Crippen MR) is 85.3 cm³/mol. The zero-order valence-corrected chi connectivity index (χ0v) is 13.5. The zero-order valence-electron chi connectivity index (χ0n) is 13.5. The lowest BCUT2D eigenvalue weighted by Crippen LogP contribution is -2.15. The van der Waals surface area contributed by atoms with Crippen LogP contribution >= 0.6 is 0 Å². The molecule has 118 valence electrons. The first kappa shape index (κ1) is 16.1. The van der Waals surface area contributed by atoms with Gasteiger partial charge in [-0.3, -0.25) is 9.59 Å². The molecule has 0 spiro atoms. The van der Waals surface area contributed by atoms with E-state index < -0.39 is 5.97 Å². The summed E-state index contributed by atoms with van der Waals surface area (Å²) >= 11 is 0. The van der Waals surface area contributed by atoms with Gasteiger partial charge in [-0.1, -0.05) is 6.92 Å². The molecule has 0 atom stereocenters. The fourth-order valence-electron chi connectivity index (χ4n) is 2.92. The molecule has 0 aromatic carbocycles. The maximum atomic E-state index is 11.8. The highest BCUT2D eigenvalue weighted by Crippen LogP contribution is 2.27. The minimum absolute atomic E-state index is 0.0462. The van der Waals surface area contributed by atoms with E-state index in [4.69, 9.17) is 5.11 Å². The SMILES string of the molecule is CCC1=C(C)C(=O)N/C1=C\c1[nH]c(C)c(CCC(=O)O)c1C. The Hall–Kier alpha value is -2.30. The van der Waals surface area contributed by atoms with Gasteiger partial charge in [0.25, 0.3) is 5.91 Å². The summed E-state index contributed by atoms with van der Waals surface area (Å²) in [5.74, 6) is -0.843. The number of hydrogen-bond donors (Lipinski definition) is 3. The van der Waals surface area contributed by atoms with Gasteiger partial charge in [-0.25, -0.2) is 0 Å². The topological polar surface area (TPSA) is 82.2 Å². The number of aryl methyl sites for hydroxylation is 1. The lowest BCUT2D eigenvalue weighted by Gasteiger charge is -2.03. The average molecular weight is 302 g/mol. The Bertz CT molecular complexity index is 693. The molecule has 0 fully saturated rings. The first-order valence-corrected chi connectivity index (χ1v) is 7.48. The maximum Gasteiger partial charge on any atom is 0.303 e. The molecule has 3 N–H and O–H groups in total. The minimum Gasteiger partial charge on any atom is -0.481 e. The van der Waals surface area contributed by atoms with Gasteiger partial charge >= 0.3 is 5.97 Å². The Balaban J connectivity index is 2.35. The zero-order chi connectivity index (χ0) is 16.4. The van der Waals surface area contributed by atoms with Crippen molar-refractivity contribution >= 4 is 18.0 Å². The Labute approximate surface area is 130 Å². The third-order valence-corrected chi connectivity index (χ3v) is 4.23. The first-order valence-electron chi connectivity index (χ1n) is 7.48. The number of carboxylic acids is 1. The number of rotatable bonds is 5. The number of aliphatic carboxylic acids is 1. The summed E-state index contributed by atoms with van der Waals surface area (Å²) in [4.78, 5) is 25.8. The molecule has 1 aromatic heterocycles. The van der Waals surface area contributed by atoms with Crippen molar-refractivity contribution in [3.63, 3.8) is 0 Å². The van der Waals surface area contributed by atoms with Crippen LogP contribution in [-0.2, 0) is 16.0 Å². The van der Waals surface area contributed by atoms with Gasteiger partial charge in [0.2, 0.25) is 0 Å². The number of nitrogens with one attached hydrogen (secondary N) is 2. The molecule has 2 heterocycles. The number of aromatic amines is 1. The Morgan fingerprint density at radius 2 is 1.95 bits per heavy atom. The lowest BCUT2D eigenvalue weighted by molar-refractivity contribution is -0.137. The quantitative estimate of drug-likeness (QED) is 0.782. The van der Waals surface area contributed by atoms with Crippen molar-refractivity contribution in [3.8, 4) is 0 Å². The maximum absolute atomic E-state index is 11.8. The molecule has 0 aliphatic carbocycles. The molecule has 5 heteroatoms. The second kappa shape index (κ2) is 6.22. The molecule has 0 unspecified atom stereocenters. The molecule has 0 bridgehead atoms. The van der Waals surface area contributed by atoms with E-state index in [-0.39, 0.29) is 12.3 Å². The van der Waals surface area contributed by atoms with Crippen LogP contribution in [0.5, 0.6) is 0 Å². The number of allylic oxidation sites excluding steroid dienone is 1. The molecular formula is C17H22N2O3. The van der Waals surface area contributed by atoms with Crippen LogP contribution in [0.1, 0.15) is 49.2 Å². The fraction of sp³-hybridized carbons (Fsp3) is 0.412. The molecule has 22 heavy (non-hydrogen) atoms. The van der Waals surface area contributed by atoms with E-state index in [0.717, 1.165) is 45.8 Å². The van der Waals surface area contributed by atoms with E-state index in [2.05, 4.69) is 10.3 Å². The van der Waals surface area contributed by atoms with Crippen molar-refractivity contribution in [1.82, 2.24) is 10.3 Å². The highest BCUT2D eigenvalue weighted by atomic mass is 16.4. The van der Waals surface area contributed by atoms with Crippen LogP contribution in [0.15, 0.2) is 16.8 Å². The van der Waals surface area contributed by atoms with E-state index in [1.807, 2.05) is 33.8 Å². The first-order chi connectivity index (χ1) is 10.3. The van der Waals surface area contributed by atoms with Crippen molar-refractivity contribution in [3.05, 3.63) is 39.4 Å². The van der Waals surface area contributed by atoms with Gasteiger partial charge in [-0.2, -0.15) is 0 Å². The summed E-state index contributed by atoms with van der Waals surface area (Å²) in [6, 6.07) is 0. The molecular weight excluding hydrogens is 280 g/mol. The molecule has 1 aliphatic rings. The summed E-state index contributed by atoms with van der Waals surface area (Å²) < 4.78 is 0. The number of aromatic nitrogens is 1. The molecule has 2 rings (SSSR count). The largest absolute Gasteiger partial charge is 0.481 e. The third-order valence-electron chi connectivity index (χ3n) is 4.23. The van der Waals surface area contributed by atoms with Crippen LogP contribution in [0.25, 0.3) is 6.08 Å². The highest BCUT2D eigenvalue weighted by Gasteiger charge is 2.23. The Morgan fingerprint density at radius 1 is 1.27 bits per heavy atom. The minimum atomic E-state index is -0.796. The second-order valence-electron chi connectivity index (χ2n) is 5.63. The van der Waals surface area contributed by atoms with Gasteiger partial charge in [0.1, 0.15) is 0 Å². The molecule has 1 amide bonds. The van der Waals surface area contributed by atoms with Crippen molar-refractivity contribution in [2.45, 2.75) is 47.0 Å². The summed E-state index contributed by atoms with van der Waals surface area (Å²) in [6.45, 7) is 7.78. The highest BCUT2D eigenvalue weighted by molar-refractivity contribution is 6.00. The van der Waals surface area contributed by atoms with Gasteiger partial charge in [-0.05, 0) is 56.4 Å².